The normalized spacial score (nSPS) is 10.7. The molecule has 0 unspecified atom stereocenters. The van der Waals surface area contributed by atoms with Crippen molar-refractivity contribution in [1.82, 2.24) is 20.0 Å². The number of para-hydroxylation sites is 1. The first kappa shape index (κ1) is 10.7. The van der Waals surface area contributed by atoms with E-state index in [-0.39, 0.29) is 0 Å². The number of aromatic nitrogens is 4. The summed E-state index contributed by atoms with van der Waals surface area (Å²) in [5, 5.41) is 12.3. The first-order valence-electron chi connectivity index (χ1n) is 5.75. The highest BCUT2D eigenvalue weighted by Gasteiger charge is 2.00. The third-order valence-corrected chi connectivity index (χ3v) is 2.71. The van der Waals surface area contributed by atoms with Crippen molar-refractivity contribution in [3.05, 3.63) is 48.4 Å². The molecule has 0 saturated carbocycles. The monoisotopic (exact) mass is 239 g/mol. The number of anilines is 1. The van der Waals surface area contributed by atoms with Crippen LogP contribution in [-0.4, -0.2) is 20.0 Å². The average molecular weight is 239 g/mol. The van der Waals surface area contributed by atoms with Crippen LogP contribution in [0.5, 0.6) is 0 Å². The van der Waals surface area contributed by atoms with E-state index >= 15 is 0 Å². The number of hydrogen-bond acceptors (Lipinski definition) is 4. The largest absolute Gasteiger partial charge is 0.378 e. The van der Waals surface area contributed by atoms with E-state index in [0.717, 1.165) is 22.3 Å². The number of nitrogens with zero attached hydrogens (tertiary/aromatic N) is 4. The highest BCUT2D eigenvalue weighted by atomic mass is 15.4. The molecular weight excluding hydrogens is 226 g/mol. The van der Waals surface area contributed by atoms with Gasteiger partial charge < -0.3 is 5.32 Å². The molecule has 3 rings (SSSR count). The molecule has 0 fully saturated rings. The summed E-state index contributed by atoms with van der Waals surface area (Å²) in [6.07, 6.45) is 3.72. The molecule has 90 valence electrons. The van der Waals surface area contributed by atoms with Crippen LogP contribution < -0.4 is 5.32 Å². The van der Waals surface area contributed by atoms with Gasteiger partial charge in [-0.15, -0.1) is 5.10 Å². The Morgan fingerprint density at radius 3 is 3.00 bits per heavy atom. The van der Waals surface area contributed by atoms with Gasteiger partial charge in [-0.25, -0.2) is 0 Å². The maximum Gasteiger partial charge on any atom is 0.102 e. The molecule has 1 aromatic carbocycles. The molecule has 5 heteroatoms. The maximum atomic E-state index is 4.39. The lowest BCUT2D eigenvalue weighted by atomic mass is 10.2. The SMILES string of the molecule is Cn1cc(CNc2cnc3ccccc3c2)nn1. The molecule has 0 atom stereocenters. The Hall–Kier alpha value is -2.43. The van der Waals surface area contributed by atoms with Crippen LogP contribution in [0, 0.1) is 0 Å². The number of pyridine rings is 1. The van der Waals surface area contributed by atoms with Gasteiger partial charge in [0.25, 0.3) is 0 Å². The molecule has 0 aliphatic carbocycles. The van der Waals surface area contributed by atoms with Gasteiger partial charge in [0.1, 0.15) is 5.69 Å². The lowest BCUT2D eigenvalue weighted by Gasteiger charge is -2.04. The molecule has 0 aliphatic heterocycles. The number of benzene rings is 1. The minimum absolute atomic E-state index is 0.647. The van der Waals surface area contributed by atoms with E-state index < -0.39 is 0 Å². The van der Waals surface area contributed by atoms with Gasteiger partial charge in [0.15, 0.2) is 0 Å². The summed E-state index contributed by atoms with van der Waals surface area (Å²) in [4.78, 5) is 4.39. The highest BCUT2D eigenvalue weighted by molar-refractivity contribution is 5.81. The standard InChI is InChI=1S/C13H13N5/c1-18-9-12(16-17-18)8-14-11-6-10-4-2-3-5-13(10)15-7-11/h2-7,9,14H,8H2,1H3. The summed E-state index contributed by atoms with van der Waals surface area (Å²) in [6, 6.07) is 10.1. The average Bonchev–Trinajstić information content (AvgIpc) is 2.82. The summed E-state index contributed by atoms with van der Waals surface area (Å²) in [5.41, 5.74) is 2.90. The fourth-order valence-electron chi connectivity index (χ4n) is 1.84. The Kier molecular flexibility index (Phi) is 2.64. The van der Waals surface area contributed by atoms with Crippen molar-refractivity contribution in [2.24, 2.45) is 7.05 Å². The minimum atomic E-state index is 0.647. The molecule has 0 saturated heterocycles. The van der Waals surface area contributed by atoms with Gasteiger partial charge in [0, 0.05) is 18.6 Å². The first-order chi connectivity index (χ1) is 8.81. The number of hydrogen-bond donors (Lipinski definition) is 1. The molecular formula is C13H13N5. The zero-order valence-corrected chi connectivity index (χ0v) is 10.0. The van der Waals surface area contributed by atoms with Crippen molar-refractivity contribution in [3.8, 4) is 0 Å². The van der Waals surface area contributed by atoms with Crippen LogP contribution in [0.2, 0.25) is 0 Å². The number of fused-ring (bicyclic) bond motifs is 1. The fraction of sp³-hybridized carbons (Fsp3) is 0.154. The predicted octanol–water partition coefficient (Wildman–Crippen LogP) is 1.98. The Bertz CT molecular complexity index is 674. The quantitative estimate of drug-likeness (QED) is 0.759. The molecule has 2 aromatic heterocycles. The van der Waals surface area contributed by atoms with Crippen molar-refractivity contribution in [2.45, 2.75) is 6.54 Å². The van der Waals surface area contributed by atoms with Crippen LogP contribution >= 0.6 is 0 Å². The Balaban J connectivity index is 1.78. The third-order valence-electron chi connectivity index (χ3n) is 2.71. The first-order valence-corrected chi connectivity index (χ1v) is 5.75. The Morgan fingerprint density at radius 2 is 2.17 bits per heavy atom. The second kappa shape index (κ2) is 4.44. The van der Waals surface area contributed by atoms with E-state index in [1.54, 1.807) is 4.68 Å². The smallest absolute Gasteiger partial charge is 0.102 e. The molecule has 0 amide bonds. The molecule has 2 heterocycles. The van der Waals surface area contributed by atoms with Gasteiger partial charge in [-0.05, 0) is 12.1 Å². The molecule has 18 heavy (non-hydrogen) atoms. The summed E-state index contributed by atoms with van der Waals surface area (Å²) < 4.78 is 1.69. The van der Waals surface area contributed by atoms with Gasteiger partial charge >= 0.3 is 0 Å². The summed E-state index contributed by atoms with van der Waals surface area (Å²) in [5.74, 6) is 0. The van der Waals surface area contributed by atoms with E-state index in [2.05, 4.69) is 32.7 Å². The number of nitrogens with one attached hydrogen (secondary N) is 1. The Morgan fingerprint density at radius 1 is 1.28 bits per heavy atom. The van der Waals surface area contributed by atoms with Gasteiger partial charge in [0.2, 0.25) is 0 Å². The second-order valence-electron chi connectivity index (χ2n) is 4.15. The minimum Gasteiger partial charge on any atom is -0.378 e. The zero-order valence-electron chi connectivity index (χ0n) is 10.0. The van der Waals surface area contributed by atoms with Crippen molar-refractivity contribution in [3.63, 3.8) is 0 Å². The topological polar surface area (TPSA) is 55.6 Å². The van der Waals surface area contributed by atoms with Gasteiger partial charge in [-0.1, -0.05) is 23.4 Å². The van der Waals surface area contributed by atoms with Gasteiger partial charge in [-0.3, -0.25) is 9.67 Å². The van der Waals surface area contributed by atoms with E-state index in [9.17, 15) is 0 Å². The summed E-state index contributed by atoms with van der Waals surface area (Å²) >= 11 is 0. The lowest BCUT2D eigenvalue weighted by Crippen LogP contribution is -2.00. The molecule has 0 spiro atoms. The lowest BCUT2D eigenvalue weighted by molar-refractivity contribution is 0.713. The van der Waals surface area contributed by atoms with E-state index in [1.165, 1.54) is 0 Å². The summed E-state index contributed by atoms with van der Waals surface area (Å²) in [7, 11) is 1.86. The van der Waals surface area contributed by atoms with E-state index in [4.69, 9.17) is 0 Å². The van der Waals surface area contributed by atoms with Crippen LogP contribution in [0.3, 0.4) is 0 Å². The zero-order chi connectivity index (χ0) is 12.4. The fourth-order valence-corrected chi connectivity index (χ4v) is 1.84. The number of rotatable bonds is 3. The summed E-state index contributed by atoms with van der Waals surface area (Å²) in [6.45, 7) is 0.647. The van der Waals surface area contributed by atoms with E-state index in [1.807, 2.05) is 37.6 Å². The predicted molar refractivity (Wildman–Crippen MR) is 70.1 cm³/mol. The molecule has 0 radical (unpaired) electrons. The van der Waals surface area contributed by atoms with Gasteiger partial charge in [-0.2, -0.15) is 0 Å². The number of aryl methyl sites for hydroxylation is 1. The van der Waals surface area contributed by atoms with Crippen LogP contribution in [0.1, 0.15) is 5.69 Å². The van der Waals surface area contributed by atoms with Crippen LogP contribution in [-0.2, 0) is 13.6 Å². The second-order valence-corrected chi connectivity index (χ2v) is 4.15. The highest BCUT2D eigenvalue weighted by Crippen LogP contribution is 2.16. The van der Waals surface area contributed by atoms with Crippen LogP contribution in [0.4, 0.5) is 5.69 Å². The van der Waals surface area contributed by atoms with Crippen LogP contribution in [0.25, 0.3) is 10.9 Å². The molecule has 5 nitrogen and oxygen atoms in total. The molecule has 1 N–H and O–H groups in total. The molecule has 0 aliphatic rings. The molecule has 0 bridgehead atoms. The van der Waals surface area contributed by atoms with E-state index in [0.29, 0.717) is 6.54 Å². The van der Waals surface area contributed by atoms with Crippen molar-refractivity contribution in [1.29, 1.82) is 0 Å². The third kappa shape index (κ3) is 2.15. The van der Waals surface area contributed by atoms with Crippen molar-refractivity contribution < 1.29 is 0 Å². The maximum absolute atomic E-state index is 4.39. The van der Waals surface area contributed by atoms with Crippen LogP contribution in [0.15, 0.2) is 42.7 Å². The molecule has 3 aromatic rings. The van der Waals surface area contributed by atoms with Crippen molar-refractivity contribution >= 4 is 16.6 Å². The van der Waals surface area contributed by atoms with Gasteiger partial charge in [0.05, 0.1) is 23.9 Å². The van der Waals surface area contributed by atoms with Crippen molar-refractivity contribution in [2.75, 3.05) is 5.32 Å². The Labute approximate surface area is 104 Å².